The smallest absolute Gasteiger partial charge is 0.406 e. The summed E-state index contributed by atoms with van der Waals surface area (Å²) in [7, 11) is -4.00. The summed E-state index contributed by atoms with van der Waals surface area (Å²) in [5.41, 5.74) is 9.20. The second-order valence-electron chi connectivity index (χ2n) is 11.3. The van der Waals surface area contributed by atoms with Crippen molar-refractivity contribution in [2.45, 2.75) is 72.6 Å². The fourth-order valence-corrected chi connectivity index (χ4v) is 7.86. The molecule has 0 amide bonds. The molecule has 2 aromatic rings. The molecule has 190 valence electrons. The van der Waals surface area contributed by atoms with Gasteiger partial charge in [0, 0.05) is 7.92 Å². The molecule has 0 unspecified atom stereocenters. The van der Waals surface area contributed by atoms with Gasteiger partial charge >= 0.3 is 20.4 Å². The Bertz CT molecular complexity index is 891. The van der Waals surface area contributed by atoms with Gasteiger partial charge in [0.15, 0.2) is 0 Å². The zero-order valence-electron chi connectivity index (χ0n) is 21.9. The van der Waals surface area contributed by atoms with E-state index in [1.165, 1.54) is 6.16 Å². The van der Waals surface area contributed by atoms with Crippen molar-refractivity contribution in [3.63, 3.8) is 0 Å². The average molecular weight is 588 g/mol. The van der Waals surface area contributed by atoms with Crippen LogP contribution in [0.2, 0.25) is 0 Å². The number of nitrogen functional groups attached to an aromatic ring is 1. The Morgan fingerprint density at radius 3 is 1.61 bits per heavy atom. The number of hydrogen-bond acceptors (Lipinski definition) is 3. The van der Waals surface area contributed by atoms with Gasteiger partial charge in [-0.25, -0.2) is 0 Å². The van der Waals surface area contributed by atoms with E-state index < -0.39 is 10.1 Å². The summed E-state index contributed by atoms with van der Waals surface area (Å²) >= 11 is 0. The molecule has 3 N–H and O–H groups in total. The Morgan fingerprint density at radius 1 is 0.879 bits per heavy atom. The second-order valence-corrected chi connectivity index (χ2v) is 17.1. The van der Waals surface area contributed by atoms with Crippen LogP contribution in [-0.2, 0) is 30.5 Å². The second kappa shape index (κ2) is 14.0. The van der Waals surface area contributed by atoms with Gasteiger partial charge in [-0.15, -0.1) is 35.9 Å². The largest absolute Gasteiger partial charge is 2.00 e. The SMILES string of the molecule is CC(C)(C)C[PH+](C(C)(C)C)C(C)(C)C.CS(=O)(=O)O.Nc1ccccc1-c1[c-]cccc1.[Pd+2]. The maximum Gasteiger partial charge on any atom is 2.00 e. The molecule has 0 heterocycles. The molecule has 0 spiro atoms. The Morgan fingerprint density at radius 2 is 1.30 bits per heavy atom. The standard InChI is InChI=1S/C13H29P.C12H10N.CH4O3S.Pd/c1-11(2,3)10-14(12(4,5)6)13(7,8)9;13-12-9-5-4-8-11(12)10-6-2-1-3-7-10;1-5(2,3)4;/h10H2,1-9H3;1-6,8-9H,13H2;1H3,(H,2,3,4);/q;-1;;+2/p+1. The van der Waals surface area contributed by atoms with Gasteiger partial charge in [0.2, 0.25) is 0 Å². The minimum atomic E-state index is -3.67. The summed E-state index contributed by atoms with van der Waals surface area (Å²) in [6, 6.07) is 18.8. The molecular weight excluding hydrogens is 544 g/mol. The van der Waals surface area contributed by atoms with Crippen LogP contribution in [0.15, 0.2) is 48.5 Å². The Labute approximate surface area is 218 Å². The minimum Gasteiger partial charge on any atom is -0.406 e. The Hall–Kier alpha value is -0.758. The molecule has 0 aliphatic rings. The molecule has 33 heavy (non-hydrogen) atoms. The summed E-state index contributed by atoms with van der Waals surface area (Å²) in [6.07, 6.45) is 2.12. The van der Waals surface area contributed by atoms with Crippen LogP contribution in [0.4, 0.5) is 5.69 Å². The number of benzene rings is 2. The molecule has 0 atom stereocenters. The third kappa shape index (κ3) is 17.3. The van der Waals surface area contributed by atoms with Crippen LogP contribution in [0.3, 0.4) is 0 Å². The molecule has 0 bridgehead atoms. The predicted molar refractivity (Wildman–Crippen MR) is 145 cm³/mol. The summed E-state index contributed by atoms with van der Waals surface area (Å²) in [5.74, 6) is 0. The van der Waals surface area contributed by atoms with E-state index in [2.05, 4.69) is 68.4 Å². The molecule has 0 aliphatic heterocycles. The monoisotopic (exact) mass is 587 g/mol. The fourth-order valence-electron chi connectivity index (χ4n) is 3.49. The van der Waals surface area contributed by atoms with Crippen molar-refractivity contribution >= 4 is 23.7 Å². The van der Waals surface area contributed by atoms with Gasteiger partial charge in [-0.1, -0.05) is 44.5 Å². The number of rotatable bonds is 2. The predicted octanol–water partition coefficient (Wildman–Crippen LogP) is 7.08. The average Bonchev–Trinajstić information content (AvgIpc) is 2.58. The van der Waals surface area contributed by atoms with Gasteiger partial charge in [0.25, 0.3) is 10.1 Å². The van der Waals surface area contributed by atoms with Gasteiger partial charge < -0.3 is 5.73 Å². The van der Waals surface area contributed by atoms with E-state index in [0.29, 0.717) is 22.0 Å². The minimum absolute atomic E-state index is 0. The first-order valence-electron chi connectivity index (χ1n) is 10.8. The van der Waals surface area contributed by atoms with Crippen molar-refractivity contribution in [1.29, 1.82) is 0 Å². The van der Waals surface area contributed by atoms with E-state index in [-0.39, 0.29) is 28.3 Å². The van der Waals surface area contributed by atoms with Gasteiger partial charge in [-0.2, -0.15) is 8.42 Å². The van der Waals surface area contributed by atoms with E-state index >= 15 is 0 Å². The summed E-state index contributed by atoms with van der Waals surface area (Å²) in [5, 5.41) is 1.02. The molecular formula is C26H44NO3PPdS+2. The van der Waals surface area contributed by atoms with Crippen LogP contribution in [0.1, 0.15) is 62.3 Å². The Kier molecular flexibility index (Phi) is 14.6. The van der Waals surface area contributed by atoms with E-state index in [1.807, 2.05) is 48.5 Å². The van der Waals surface area contributed by atoms with Gasteiger partial charge in [0.1, 0.15) is 0 Å². The van der Waals surface area contributed by atoms with Crippen LogP contribution in [0.5, 0.6) is 0 Å². The molecule has 0 aliphatic carbocycles. The summed E-state index contributed by atoms with van der Waals surface area (Å²) in [6.45, 7) is 21.6. The van der Waals surface area contributed by atoms with Crippen LogP contribution < -0.4 is 5.73 Å². The maximum atomic E-state index is 9.19. The van der Waals surface area contributed by atoms with Crippen LogP contribution >= 0.6 is 7.92 Å². The third-order valence-corrected chi connectivity index (χ3v) is 9.51. The zero-order valence-corrected chi connectivity index (χ0v) is 25.3. The van der Waals surface area contributed by atoms with Crippen LogP contribution in [-0.4, -0.2) is 35.7 Å². The maximum absolute atomic E-state index is 9.19. The van der Waals surface area contributed by atoms with E-state index in [0.717, 1.165) is 16.8 Å². The summed E-state index contributed by atoms with van der Waals surface area (Å²) in [4.78, 5) is 0. The van der Waals surface area contributed by atoms with E-state index in [9.17, 15) is 8.42 Å². The van der Waals surface area contributed by atoms with Crippen molar-refractivity contribution in [3.05, 3.63) is 54.6 Å². The van der Waals surface area contributed by atoms with E-state index in [4.69, 9.17) is 10.3 Å². The number of hydrogen-bond donors (Lipinski definition) is 2. The van der Waals surface area contributed by atoms with Crippen molar-refractivity contribution in [2.24, 2.45) is 5.41 Å². The van der Waals surface area contributed by atoms with Crippen molar-refractivity contribution in [2.75, 3.05) is 18.2 Å². The molecule has 0 saturated carbocycles. The van der Waals surface area contributed by atoms with Crippen molar-refractivity contribution in [3.8, 4) is 11.1 Å². The number of nitrogens with two attached hydrogens (primary N) is 1. The molecule has 7 heteroatoms. The molecule has 0 aromatic heterocycles. The normalized spacial score (nSPS) is 12.0. The molecule has 0 saturated heterocycles. The number of para-hydroxylation sites is 1. The summed E-state index contributed by atoms with van der Waals surface area (Å²) < 4.78 is 25.9. The van der Waals surface area contributed by atoms with Gasteiger partial charge in [-0.3, -0.25) is 4.55 Å². The molecule has 4 nitrogen and oxygen atoms in total. The fraction of sp³-hybridized carbons (Fsp3) is 0.538. The molecule has 2 rings (SSSR count). The quantitative estimate of drug-likeness (QED) is 0.129. The van der Waals surface area contributed by atoms with Crippen LogP contribution in [0, 0.1) is 11.5 Å². The third-order valence-electron chi connectivity index (χ3n) is 4.48. The van der Waals surface area contributed by atoms with Gasteiger partial charge in [-0.05, 0) is 58.7 Å². The first kappa shape index (κ1) is 34.4. The molecule has 0 fully saturated rings. The molecule has 0 radical (unpaired) electrons. The zero-order chi connectivity index (χ0) is 25.4. The van der Waals surface area contributed by atoms with Gasteiger partial charge in [0.05, 0.1) is 22.7 Å². The molecule has 2 aromatic carbocycles. The first-order valence-corrected chi connectivity index (χ1v) is 14.4. The topological polar surface area (TPSA) is 80.4 Å². The Balaban J connectivity index is 0. The number of anilines is 1. The van der Waals surface area contributed by atoms with E-state index in [1.54, 1.807) is 0 Å². The van der Waals surface area contributed by atoms with Crippen molar-refractivity contribution in [1.82, 2.24) is 0 Å². The first-order chi connectivity index (χ1) is 14.2. The van der Waals surface area contributed by atoms with Crippen LogP contribution in [0.25, 0.3) is 11.1 Å². The van der Waals surface area contributed by atoms with Crippen molar-refractivity contribution < 1.29 is 33.4 Å².